The molecule has 0 aliphatic rings. The van der Waals surface area contributed by atoms with Crippen LogP contribution in [-0.2, 0) is 0 Å². The summed E-state index contributed by atoms with van der Waals surface area (Å²) in [6.45, 7) is 1.62. The number of hydrogen-bond acceptors (Lipinski definition) is 3. The third-order valence-electron chi connectivity index (χ3n) is 2.28. The number of nitrogens with one attached hydrogen (secondary N) is 1. The Morgan fingerprint density at radius 2 is 2.18 bits per heavy atom. The first-order chi connectivity index (χ1) is 8.10. The van der Waals surface area contributed by atoms with Crippen molar-refractivity contribution in [3.05, 3.63) is 24.3 Å². The van der Waals surface area contributed by atoms with E-state index in [0.717, 1.165) is 0 Å². The van der Waals surface area contributed by atoms with E-state index in [2.05, 4.69) is 5.32 Å². The van der Waals surface area contributed by atoms with Crippen molar-refractivity contribution in [3.63, 3.8) is 0 Å². The van der Waals surface area contributed by atoms with E-state index >= 15 is 0 Å². The molecular weight excluding hydrogens is 218 g/mol. The summed E-state index contributed by atoms with van der Waals surface area (Å²) in [7, 11) is 3.17. The first kappa shape index (κ1) is 12.8. The highest BCUT2D eigenvalue weighted by Crippen LogP contribution is 2.26. The Hall–Kier alpha value is -2.22. The minimum absolute atomic E-state index is 0.344. The summed E-state index contributed by atoms with van der Waals surface area (Å²) in [5.41, 5.74) is 0.651. The monoisotopic (exact) mass is 233 g/mol. The van der Waals surface area contributed by atoms with E-state index in [1.165, 1.54) is 4.90 Å². The number of nitriles is 1. The lowest BCUT2D eigenvalue weighted by Gasteiger charge is -2.20. The molecule has 5 heteroatoms. The third kappa shape index (κ3) is 3.11. The van der Waals surface area contributed by atoms with Gasteiger partial charge in [0.15, 0.2) is 0 Å². The molecule has 0 aliphatic heterocycles. The average Bonchev–Trinajstić information content (AvgIpc) is 2.37. The smallest absolute Gasteiger partial charge is 0.322 e. The minimum atomic E-state index is -0.528. The number of nitrogens with zero attached hydrogens (tertiary/aromatic N) is 2. The summed E-state index contributed by atoms with van der Waals surface area (Å²) in [5, 5.41) is 11.2. The summed E-state index contributed by atoms with van der Waals surface area (Å²) in [6.07, 6.45) is 0. The van der Waals surface area contributed by atoms with E-state index in [1.54, 1.807) is 33.2 Å². The van der Waals surface area contributed by atoms with E-state index in [4.69, 9.17) is 10.00 Å². The second kappa shape index (κ2) is 5.75. The largest absolute Gasteiger partial charge is 0.495 e. The van der Waals surface area contributed by atoms with Gasteiger partial charge in [0.2, 0.25) is 0 Å². The molecule has 0 fully saturated rings. The molecule has 0 heterocycles. The number of carbonyl (C=O) groups excluding carboxylic acids is 1. The van der Waals surface area contributed by atoms with Gasteiger partial charge in [0.1, 0.15) is 11.8 Å². The molecule has 1 aromatic carbocycles. The molecule has 1 aromatic rings. The van der Waals surface area contributed by atoms with E-state index < -0.39 is 6.04 Å². The number of benzene rings is 1. The highest BCUT2D eigenvalue weighted by molar-refractivity contribution is 5.93. The average molecular weight is 233 g/mol. The first-order valence-electron chi connectivity index (χ1n) is 5.17. The van der Waals surface area contributed by atoms with E-state index in [0.29, 0.717) is 11.4 Å². The number of hydrogen-bond donors (Lipinski definition) is 1. The standard InChI is InChI=1S/C12H15N3O2/c1-9(8-13)14-12(16)15(2)10-6-4-5-7-11(10)17-3/h4-7,9H,1-3H3,(H,14,16)/t9-/m0/s1. The van der Waals surface area contributed by atoms with Crippen molar-refractivity contribution < 1.29 is 9.53 Å². The highest BCUT2D eigenvalue weighted by atomic mass is 16.5. The van der Waals surface area contributed by atoms with Crippen molar-refractivity contribution in [1.29, 1.82) is 5.26 Å². The lowest BCUT2D eigenvalue weighted by atomic mass is 10.2. The van der Waals surface area contributed by atoms with Gasteiger partial charge in [0.25, 0.3) is 0 Å². The van der Waals surface area contributed by atoms with Crippen molar-refractivity contribution >= 4 is 11.7 Å². The predicted octanol–water partition coefficient (Wildman–Crippen LogP) is 1.75. The van der Waals surface area contributed by atoms with E-state index in [1.807, 2.05) is 18.2 Å². The zero-order valence-corrected chi connectivity index (χ0v) is 10.1. The molecule has 5 nitrogen and oxygen atoms in total. The molecule has 1 N–H and O–H groups in total. The van der Waals surface area contributed by atoms with Crippen molar-refractivity contribution in [2.45, 2.75) is 13.0 Å². The predicted molar refractivity (Wildman–Crippen MR) is 65.0 cm³/mol. The zero-order valence-electron chi connectivity index (χ0n) is 10.1. The number of rotatable bonds is 3. The van der Waals surface area contributed by atoms with Gasteiger partial charge in [-0.15, -0.1) is 0 Å². The maximum Gasteiger partial charge on any atom is 0.322 e. The minimum Gasteiger partial charge on any atom is -0.495 e. The fraction of sp³-hybridized carbons (Fsp3) is 0.333. The highest BCUT2D eigenvalue weighted by Gasteiger charge is 2.15. The van der Waals surface area contributed by atoms with Gasteiger partial charge in [-0.25, -0.2) is 4.79 Å². The topological polar surface area (TPSA) is 65.4 Å². The molecule has 2 amide bonds. The van der Waals surface area contributed by atoms with Gasteiger partial charge < -0.3 is 10.1 Å². The van der Waals surface area contributed by atoms with Crippen molar-refractivity contribution in [1.82, 2.24) is 5.32 Å². The van der Waals surface area contributed by atoms with Crippen LogP contribution in [0.25, 0.3) is 0 Å². The van der Waals surface area contributed by atoms with Crippen LogP contribution < -0.4 is 15.0 Å². The lowest BCUT2D eigenvalue weighted by molar-refractivity contribution is 0.246. The van der Waals surface area contributed by atoms with Gasteiger partial charge in [0, 0.05) is 7.05 Å². The normalized spacial score (nSPS) is 11.2. The Labute approximate surface area is 101 Å². The van der Waals surface area contributed by atoms with Crippen LogP contribution >= 0.6 is 0 Å². The van der Waals surface area contributed by atoms with Crippen LogP contribution in [0.3, 0.4) is 0 Å². The van der Waals surface area contributed by atoms with Crippen molar-refractivity contribution in [3.8, 4) is 11.8 Å². The molecule has 0 saturated carbocycles. The Morgan fingerprint density at radius 3 is 2.76 bits per heavy atom. The first-order valence-corrected chi connectivity index (χ1v) is 5.17. The second-order valence-corrected chi connectivity index (χ2v) is 3.53. The van der Waals surface area contributed by atoms with E-state index in [-0.39, 0.29) is 6.03 Å². The summed E-state index contributed by atoms with van der Waals surface area (Å²) in [4.78, 5) is 13.2. The molecule has 0 aliphatic carbocycles. The molecule has 0 radical (unpaired) electrons. The van der Waals surface area contributed by atoms with Crippen LogP contribution in [0.1, 0.15) is 6.92 Å². The number of urea groups is 1. The van der Waals surface area contributed by atoms with Crippen LogP contribution in [0.4, 0.5) is 10.5 Å². The number of carbonyl (C=O) groups is 1. The molecule has 0 spiro atoms. The van der Waals surface area contributed by atoms with Gasteiger partial charge in [-0.1, -0.05) is 12.1 Å². The number of methoxy groups -OCH3 is 1. The van der Waals surface area contributed by atoms with Gasteiger partial charge in [-0.2, -0.15) is 5.26 Å². The van der Waals surface area contributed by atoms with Gasteiger partial charge in [-0.05, 0) is 19.1 Å². The Balaban J connectivity index is 2.85. The lowest BCUT2D eigenvalue weighted by Crippen LogP contribution is -2.41. The number of anilines is 1. The molecule has 0 aromatic heterocycles. The Kier molecular flexibility index (Phi) is 4.35. The quantitative estimate of drug-likeness (QED) is 0.865. The summed E-state index contributed by atoms with van der Waals surface area (Å²) in [6, 6.07) is 8.25. The van der Waals surface area contributed by atoms with E-state index in [9.17, 15) is 4.79 Å². The molecule has 17 heavy (non-hydrogen) atoms. The fourth-order valence-corrected chi connectivity index (χ4v) is 1.33. The van der Waals surface area contributed by atoms with Crippen LogP contribution in [-0.4, -0.2) is 26.2 Å². The molecule has 0 saturated heterocycles. The number of para-hydroxylation sites is 2. The molecule has 0 unspecified atom stereocenters. The van der Waals surface area contributed by atoms with Gasteiger partial charge >= 0.3 is 6.03 Å². The molecule has 0 bridgehead atoms. The van der Waals surface area contributed by atoms with Crippen molar-refractivity contribution in [2.24, 2.45) is 0 Å². The maximum atomic E-state index is 11.8. The summed E-state index contributed by atoms with van der Waals surface area (Å²) >= 11 is 0. The Bertz CT molecular complexity index is 440. The summed E-state index contributed by atoms with van der Waals surface area (Å²) < 4.78 is 5.16. The fourth-order valence-electron chi connectivity index (χ4n) is 1.33. The SMILES string of the molecule is COc1ccccc1N(C)C(=O)N[C@@H](C)C#N. The maximum absolute atomic E-state index is 11.8. The second-order valence-electron chi connectivity index (χ2n) is 3.53. The molecule has 1 rings (SSSR count). The van der Waals surface area contributed by atoms with Gasteiger partial charge in [0.05, 0.1) is 18.9 Å². The summed E-state index contributed by atoms with van der Waals surface area (Å²) in [5.74, 6) is 0.606. The van der Waals surface area contributed by atoms with Crippen LogP contribution in [0.5, 0.6) is 5.75 Å². The number of amides is 2. The third-order valence-corrected chi connectivity index (χ3v) is 2.28. The zero-order chi connectivity index (χ0) is 12.8. The van der Waals surface area contributed by atoms with Crippen LogP contribution in [0.2, 0.25) is 0 Å². The molecular formula is C12H15N3O2. The van der Waals surface area contributed by atoms with Crippen LogP contribution in [0, 0.1) is 11.3 Å². The number of ether oxygens (including phenoxy) is 1. The van der Waals surface area contributed by atoms with Crippen LogP contribution in [0.15, 0.2) is 24.3 Å². The molecule has 1 atom stereocenters. The molecule has 90 valence electrons. The van der Waals surface area contributed by atoms with Crippen molar-refractivity contribution in [2.75, 3.05) is 19.1 Å². The van der Waals surface area contributed by atoms with Gasteiger partial charge in [-0.3, -0.25) is 4.90 Å². The Morgan fingerprint density at radius 1 is 1.53 bits per heavy atom.